The van der Waals surface area contributed by atoms with Crippen LogP contribution in [-0.2, 0) is 24.6 Å². The van der Waals surface area contributed by atoms with Gasteiger partial charge in [0, 0.05) is 5.69 Å². The average Bonchev–Trinajstić information content (AvgIpc) is 2.33. The molecular formula is C17H26N2O4. The van der Waals surface area contributed by atoms with Crippen LogP contribution in [0.15, 0.2) is 24.3 Å². The fourth-order valence-electron chi connectivity index (χ4n) is 1.82. The molecule has 1 aromatic carbocycles. The summed E-state index contributed by atoms with van der Waals surface area (Å²) >= 11 is 0. The maximum Gasteiger partial charge on any atom is 0.343 e. The minimum atomic E-state index is -2.09. The second-order valence-corrected chi connectivity index (χ2v) is 7.44. The summed E-state index contributed by atoms with van der Waals surface area (Å²) in [5.74, 6) is -1.77. The number of nitrogen functional groups attached to an aromatic ring is 1. The molecule has 0 radical (unpaired) electrons. The Morgan fingerprint density at radius 2 is 1.35 bits per heavy atom. The zero-order chi connectivity index (χ0) is 18.1. The van der Waals surface area contributed by atoms with Crippen LogP contribution < -0.4 is 11.5 Å². The van der Waals surface area contributed by atoms with E-state index < -0.39 is 28.7 Å². The van der Waals surface area contributed by atoms with Crippen molar-refractivity contribution in [2.45, 2.75) is 58.3 Å². The summed E-state index contributed by atoms with van der Waals surface area (Å²) in [5.41, 5.74) is 8.85. The van der Waals surface area contributed by atoms with Gasteiger partial charge in [-0.25, -0.2) is 9.59 Å². The van der Waals surface area contributed by atoms with Crippen LogP contribution in [0.4, 0.5) is 5.69 Å². The van der Waals surface area contributed by atoms with E-state index in [1.165, 1.54) is 6.07 Å². The van der Waals surface area contributed by atoms with Crippen molar-refractivity contribution < 1.29 is 19.1 Å². The van der Waals surface area contributed by atoms with Crippen molar-refractivity contribution in [2.75, 3.05) is 5.73 Å². The van der Waals surface area contributed by atoms with Crippen molar-refractivity contribution in [3.8, 4) is 0 Å². The third-order valence-corrected chi connectivity index (χ3v) is 2.78. The third kappa shape index (κ3) is 4.96. The molecule has 0 fully saturated rings. The van der Waals surface area contributed by atoms with Crippen LogP contribution in [0.3, 0.4) is 0 Å². The van der Waals surface area contributed by atoms with E-state index in [4.69, 9.17) is 20.9 Å². The first-order chi connectivity index (χ1) is 10.3. The molecule has 1 rings (SSSR count). The molecule has 23 heavy (non-hydrogen) atoms. The van der Waals surface area contributed by atoms with E-state index in [0.29, 0.717) is 5.69 Å². The lowest BCUT2D eigenvalue weighted by Gasteiger charge is -2.32. The molecule has 0 saturated heterocycles. The molecule has 6 heteroatoms. The highest BCUT2D eigenvalue weighted by atomic mass is 16.6. The van der Waals surface area contributed by atoms with Crippen molar-refractivity contribution in [3.05, 3.63) is 29.8 Å². The number of carbonyl (C=O) groups is 2. The van der Waals surface area contributed by atoms with Gasteiger partial charge in [-0.3, -0.25) is 0 Å². The number of ether oxygens (including phenoxy) is 2. The first-order valence-corrected chi connectivity index (χ1v) is 7.37. The van der Waals surface area contributed by atoms with Gasteiger partial charge in [-0.2, -0.15) is 0 Å². The summed E-state index contributed by atoms with van der Waals surface area (Å²) in [5, 5.41) is 0. The first-order valence-electron chi connectivity index (χ1n) is 7.37. The fourth-order valence-corrected chi connectivity index (χ4v) is 1.82. The maximum absolute atomic E-state index is 12.6. The highest BCUT2D eigenvalue weighted by molar-refractivity contribution is 6.06. The summed E-state index contributed by atoms with van der Waals surface area (Å²) in [6.07, 6.45) is 0. The molecule has 0 aliphatic carbocycles. The molecule has 0 heterocycles. The number of anilines is 1. The minimum Gasteiger partial charge on any atom is -0.458 e. The van der Waals surface area contributed by atoms with Crippen LogP contribution in [0, 0.1) is 0 Å². The SMILES string of the molecule is CC(C)(C)OC(=O)C(N)(C(=O)OC(C)(C)C)c1cccc(N)c1. The Kier molecular flexibility index (Phi) is 5.11. The quantitative estimate of drug-likeness (QED) is 0.502. The molecule has 0 aliphatic rings. The predicted molar refractivity (Wildman–Crippen MR) is 88.4 cm³/mol. The molecule has 1 aromatic rings. The molecule has 0 unspecified atom stereocenters. The number of carbonyl (C=O) groups excluding carboxylic acids is 2. The zero-order valence-corrected chi connectivity index (χ0v) is 14.6. The van der Waals surface area contributed by atoms with Gasteiger partial charge in [-0.15, -0.1) is 0 Å². The molecule has 6 nitrogen and oxygen atoms in total. The van der Waals surface area contributed by atoms with Crippen molar-refractivity contribution in [1.29, 1.82) is 0 Å². The molecule has 0 amide bonds. The Bertz CT molecular complexity index is 569. The molecule has 0 saturated carbocycles. The van der Waals surface area contributed by atoms with Gasteiger partial charge in [0.25, 0.3) is 0 Å². The lowest BCUT2D eigenvalue weighted by atomic mass is 9.90. The number of benzene rings is 1. The second kappa shape index (κ2) is 6.20. The molecule has 0 aliphatic heterocycles. The van der Waals surface area contributed by atoms with Crippen LogP contribution >= 0.6 is 0 Å². The first kappa shape index (κ1) is 19.0. The van der Waals surface area contributed by atoms with E-state index in [-0.39, 0.29) is 5.56 Å². The van der Waals surface area contributed by atoms with Crippen molar-refractivity contribution >= 4 is 17.6 Å². The Labute approximate surface area is 137 Å². The van der Waals surface area contributed by atoms with Gasteiger partial charge in [0.05, 0.1) is 0 Å². The molecule has 0 spiro atoms. The Hall–Kier alpha value is -2.08. The molecule has 0 bridgehead atoms. The third-order valence-electron chi connectivity index (χ3n) is 2.78. The highest BCUT2D eigenvalue weighted by Crippen LogP contribution is 2.28. The normalized spacial score (nSPS) is 12.7. The lowest BCUT2D eigenvalue weighted by molar-refractivity contribution is -0.177. The molecular weight excluding hydrogens is 296 g/mol. The van der Waals surface area contributed by atoms with E-state index in [1.807, 2.05) is 0 Å². The summed E-state index contributed by atoms with van der Waals surface area (Å²) in [7, 11) is 0. The van der Waals surface area contributed by atoms with Crippen LogP contribution in [-0.4, -0.2) is 23.1 Å². The number of esters is 2. The van der Waals surface area contributed by atoms with Crippen LogP contribution in [0.25, 0.3) is 0 Å². The summed E-state index contributed by atoms with van der Waals surface area (Å²) in [4.78, 5) is 25.3. The summed E-state index contributed by atoms with van der Waals surface area (Å²) in [6.45, 7) is 10.2. The van der Waals surface area contributed by atoms with E-state index >= 15 is 0 Å². The average molecular weight is 322 g/mol. The summed E-state index contributed by atoms with van der Waals surface area (Å²) in [6, 6.07) is 6.26. The van der Waals surface area contributed by atoms with Gasteiger partial charge in [0.2, 0.25) is 5.54 Å². The van der Waals surface area contributed by atoms with Crippen molar-refractivity contribution in [1.82, 2.24) is 0 Å². The lowest BCUT2D eigenvalue weighted by Crippen LogP contribution is -2.56. The van der Waals surface area contributed by atoms with Gasteiger partial charge >= 0.3 is 11.9 Å². The van der Waals surface area contributed by atoms with Crippen LogP contribution in [0.1, 0.15) is 47.1 Å². The smallest absolute Gasteiger partial charge is 0.343 e. The predicted octanol–water partition coefficient (Wildman–Crippen LogP) is 2.11. The Morgan fingerprint density at radius 1 is 0.913 bits per heavy atom. The van der Waals surface area contributed by atoms with E-state index in [9.17, 15) is 9.59 Å². The fraction of sp³-hybridized carbons (Fsp3) is 0.529. The maximum atomic E-state index is 12.6. The van der Waals surface area contributed by atoms with Crippen LogP contribution in [0.2, 0.25) is 0 Å². The molecule has 128 valence electrons. The minimum absolute atomic E-state index is 0.223. The largest absolute Gasteiger partial charge is 0.458 e. The molecule has 0 aromatic heterocycles. The molecule has 4 N–H and O–H groups in total. The highest BCUT2D eigenvalue weighted by Gasteiger charge is 2.49. The number of nitrogens with two attached hydrogens (primary N) is 2. The topological polar surface area (TPSA) is 105 Å². The van der Waals surface area contributed by atoms with Gasteiger partial charge < -0.3 is 20.9 Å². The van der Waals surface area contributed by atoms with Gasteiger partial charge in [0.1, 0.15) is 11.2 Å². The van der Waals surface area contributed by atoms with Gasteiger partial charge in [-0.05, 0) is 59.2 Å². The second-order valence-electron chi connectivity index (χ2n) is 7.44. The summed E-state index contributed by atoms with van der Waals surface area (Å²) < 4.78 is 10.7. The van der Waals surface area contributed by atoms with E-state index in [2.05, 4.69) is 0 Å². The van der Waals surface area contributed by atoms with E-state index in [1.54, 1.807) is 59.7 Å². The van der Waals surface area contributed by atoms with Gasteiger partial charge in [-0.1, -0.05) is 12.1 Å². The Morgan fingerprint density at radius 3 is 1.70 bits per heavy atom. The Balaban J connectivity index is 3.36. The number of hydrogen-bond donors (Lipinski definition) is 2. The monoisotopic (exact) mass is 322 g/mol. The molecule has 0 atom stereocenters. The van der Waals surface area contributed by atoms with E-state index in [0.717, 1.165) is 0 Å². The van der Waals surface area contributed by atoms with Gasteiger partial charge in [0.15, 0.2) is 0 Å². The van der Waals surface area contributed by atoms with Crippen LogP contribution in [0.5, 0.6) is 0 Å². The van der Waals surface area contributed by atoms with Crippen molar-refractivity contribution in [3.63, 3.8) is 0 Å². The van der Waals surface area contributed by atoms with Crippen molar-refractivity contribution in [2.24, 2.45) is 5.73 Å². The number of rotatable bonds is 3. The zero-order valence-electron chi connectivity index (χ0n) is 14.6. The number of hydrogen-bond acceptors (Lipinski definition) is 6. The standard InChI is InChI=1S/C17H26N2O4/c1-15(2,3)22-13(20)17(19,14(21)23-16(4,5)6)11-8-7-9-12(18)10-11/h7-10H,18-19H2,1-6H3.